The topological polar surface area (TPSA) is 121 Å². The zero-order valence-corrected chi connectivity index (χ0v) is 23.6. The van der Waals surface area contributed by atoms with Crippen molar-refractivity contribution in [3.8, 4) is 5.75 Å². The fourth-order valence-electron chi connectivity index (χ4n) is 6.08. The molecule has 0 radical (unpaired) electrons. The van der Waals surface area contributed by atoms with E-state index in [-0.39, 0.29) is 31.1 Å². The van der Waals surface area contributed by atoms with E-state index in [2.05, 4.69) is 16.3 Å². The molecule has 1 heterocycles. The number of carbonyl (C=O) groups is 3. The lowest BCUT2D eigenvalue weighted by Crippen LogP contribution is -2.64. The summed E-state index contributed by atoms with van der Waals surface area (Å²) in [6, 6.07) is 15.4. The third-order valence-electron chi connectivity index (χ3n) is 7.98. The zero-order valence-electron chi connectivity index (χ0n) is 23.6. The number of aldehydes is 1. The fourth-order valence-corrected chi connectivity index (χ4v) is 6.08. The molecule has 1 saturated heterocycles. The van der Waals surface area contributed by atoms with E-state index in [1.54, 1.807) is 26.3 Å². The van der Waals surface area contributed by atoms with Crippen molar-refractivity contribution >= 4 is 24.4 Å². The molecule has 4 atom stereocenters. The Kier molecular flexibility index (Phi) is 8.69. The van der Waals surface area contributed by atoms with Crippen LogP contribution in [0.25, 0.3) is 6.08 Å². The van der Waals surface area contributed by atoms with Crippen LogP contribution in [0.5, 0.6) is 5.75 Å². The predicted octanol–water partition coefficient (Wildman–Crippen LogP) is 2.59. The van der Waals surface area contributed by atoms with E-state index in [1.165, 1.54) is 5.01 Å². The fraction of sp³-hybridized carbons (Fsp3) is 0.433. The number of hydrogen-bond acceptors (Lipinski definition) is 9. The van der Waals surface area contributed by atoms with Crippen LogP contribution in [0.3, 0.4) is 0 Å². The van der Waals surface area contributed by atoms with E-state index in [0.717, 1.165) is 28.7 Å². The number of amides is 2. The number of methoxy groups -OCH3 is 1. The normalized spacial score (nSPS) is 25.5. The summed E-state index contributed by atoms with van der Waals surface area (Å²) < 4.78 is 17.8. The summed E-state index contributed by atoms with van der Waals surface area (Å²) in [5.74, 6) is -0.367. The molecule has 11 nitrogen and oxygen atoms in total. The van der Waals surface area contributed by atoms with Gasteiger partial charge in [-0.25, -0.2) is 15.2 Å². The van der Waals surface area contributed by atoms with Crippen LogP contribution >= 0.6 is 0 Å². The van der Waals surface area contributed by atoms with Gasteiger partial charge in [-0.1, -0.05) is 42.5 Å². The molecule has 2 fully saturated rings. The van der Waals surface area contributed by atoms with Gasteiger partial charge >= 0.3 is 6.09 Å². The number of hydrazine groups is 3. The first-order valence-corrected chi connectivity index (χ1v) is 13.8. The molecule has 4 unspecified atom stereocenters. The Hall–Kier alpha value is -3.77. The van der Waals surface area contributed by atoms with Crippen LogP contribution in [0.1, 0.15) is 36.0 Å². The number of ether oxygens (including phenoxy) is 3. The Labute approximate surface area is 239 Å². The van der Waals surface area contributed by atoms with E-state index in [0.29, 0.717) is 31.3 Å². The minimum Gasteiger partial charge on any atom is -0.496 e. The highest BCUT2D eigenvalue weighted by molar-refractivity contribution is 6.00. The van der Waals surface area contributed by atoms with Gasteiger partial charge in [0.05, 0.1) is 19.6 Å². The number of benzene rings is 2. The van der Waals surface area contributed by atoms with Crippen LogP contribution < -0.4 is 21.0 Å². The van der Waals surface area contributed by atoms with E-state index < -0.39 is 17.7 Å². The highest BCUT2D eigenvalue weighted by atomic mass is 16.6. The van der Waals surface area contributed by atoms with Crippen LogP contribution in [-0.2, 0) is 32.1 Å². The first-order valence-electron chi connectivity index (χ1n) is 13.8. The molecule has 2 amide bonds. The maximum Gasteiger partial charge on any atom is 0.422 e. The first-order chi connectivity index (χ1) is 19.8. The summed E-state index contributed by atoms with van der Waals surface area (Å²) in [6.45, 7) is 0.516. The van der Waals surface area contributed by atoms with Crippen LogP contribution in [0.15, 0.2) is 54.1 Å². The highest BCUT2D eigenvalue weighted by Gasteiger charge is 2.58. The monoisotopic (exact) mass is 563 g/mol. The lowest BCUT2D eigenvalue weighted by atomic mass is 9.84. The van der Waals surface area contributed by atoms with Gasteiger partial charge in [-0.2, -0.15) is 0 Å². The summed E-state index contributed by atoms with van der Waals surface area (Å²) in [5, 5.41) is 3.09. The maximum absolute atomic E-state index is 13.6. The Balaban J connectivity index is 1.39. The van der Waals surface area contributed by atoms with Gasteiger partial charge in [-0.15, -0.1) is 5.12 Å². The molecule has 2 aromatic rings. The minimum atomic E-state index is -1.20. The SMILES string of the molecule is COc1cccc2c1CC(C(=O)NN1NCC(C=O)C1(OCc1ccccc1)C1CCC(OC(=O)NN(C)C)C1)=C2. The van der Waals surface area contributed by atoms with Gasteiger partial charge < -0.3 is 19.0 Å². The van der Waals surface area contributed by atoms with E-state index in [1.807, 2.05) is 54.6 Å². The number of carbonyl (C=O) groups excluding carboxylic acids is 3. The Morgan fingerprint density at radius 1 is 1.15 bits per heavy atom. The summed E-state index contributed by atoms with van der Waals surface area (Å²) >= 11 is 0. The van der Waals surface area contributed by atoms with Crippen molar-refractivity contribution in [3.63, 3.8) is 0 Å². The smallest absolute Gasteiger partial charge is 0.422 e. The standard InChI is InChI=1S/C30H37N5O6/c1-34(2)33-29(38)41-25-13-12-23(16-25)30(40-19-20-8-5-4-6-9-20)24(18-36)17-31-35(30)32-28(37)22-14-21-10-7-11-27(39-3)26(21)15-22/h4-11,14,18,23-25,31H,12-13,15-17,19H2,1-3H3,(H,32,37)(H,33,38). The second-order valence-corrected chi connectivity index (χ2v) is 10.8. The van der Waals surface area contributed by atoms with Gasteiger partial charge in [0, 0.05) is 44.1 Å². The molecule has 0 bridgehead atoms. The molecule has 2 aliphatic carbocycles. The molecule has 3 aliphatic rings. The van der Waals surface area contributed by atoms with E-state index in [4.69, 9.17) is 14.2 Å². The number of fused-ring (bicyclic) bond motifs is 1. The van der Waals surface area contributed by atoms with Crippen molar-refractivity contribution in [3.05, 3.63) is 70.8 Å². The van der Waals surface area contributed by atoms with Gasteiger partial charge in [0.25, 0.3) is 5.91 Å². The summed E-state index contributed by atoms with van der Waals surface area (Å²) in [5.41, 5.74) is 11.0. The van der Waals surface area contributed by atoms with Gasteiger partial charge in [-0.3, -0.25) is 15.6 Å². The number of rotatable bonds is 10. The quantitative estimate of drug-likeness (QED) is 0.296. The van der Waals surface area contributed by atoms with Crippen molar-refractivity contribution in [1.82, 2.24) is 26.4 Å². The summed E-state index contributed by atoms with van der Waals surface area (Å²) in [7, 11) is 5.03. The third-order valence-corrected chi connectivity index (χ3v) is 7.98. The molecule has 2 aromatic carbocycles. The van der Waals surface area contributed by atoms with Crippen LogP contribution in [0.2, 0.25) is 0 Å². The molecule has 5 rings (SSSR count). The van der Waals surface area contributed by atoms with Crippen molar-refractivity contribution in [2.75, 3.05) is 27.7 Å². The van der Waals surface area contributed by atoms with Crippen LogP contribution in [-0.4, -0.2) is 68.0 Å². The maximum atomic E-state index is 13.6. The average Bonchev–Trinajstić information content (AvgIpc) is 3.69. The number of nitrogens with one attached hydrogen (secondary N) is 3. The average molecular weight is 564 g/mol. The zero-order chi connectivity index (χ0) is 29.0. The van der Waals surface area contributed by atoms with E-state index >= 15 is 0 Å². The molecule has 11 heteroatoms. The van der Waals surface area contributed by atoms with Crippen molar-refractivity contribution < 1.29 is 28.6 Å². The summed E-state index contributed by atoms with van der Waals surface area (Å²) in [6.07, 6.45) is 3.98. The Morgan fingerprint density at radius 2 is 1.95 bits per heavy atom. The molecule has 1 saturated carbocycles. The van der Waals surface area contributed by atoms with Gasteiger partial charge in [0.2, 0.25) is 0 Å². The Bertz CT molecular complexity index is 1300. The molecule has 0 aromatic heterocycles. The van der Waals surface area contributed by atoms with E-state index in [9.17, 15) is 14.4 Å². The molecule has 3 N–H and O–H groups in total. The van der Waals surface area contributed by atoms with Gasteiger partial charge in [0.1, 0.15) is 18.1 Å². The molecule has 41 heavy (non-hydrogen) atoms. The third kappa shape index (κ3) is 5.98. The van der Waals surface area contributed by atoms with Gasteiger partial charge in [0.15, 0.2) is 5.72 Å². The van der Waals surface area contributed by atoms with Gasteiger partial charge in [-0.05, 0) is 42.5 Å². The van der Waals surface area contributed by atoms with Crippen molar-refractivity contribution in [2.45, 2.75) is 44.1 Å². The summed E-state index contributed by atoms with van der Waals surface area (Å²) in [4.78, 5) is 38.4. The molecular weight excluding hydrogens is 526 g/mol. The lowest BCUT2D eigenvalue weighted by molar-refractivity contribution is -0.225. The van der Waals surface area contributed by atoms with Crippen molar-refractivity contribution in [1.29, 1.82) is 0 Å². The largest absolute Gasteiger partial charge is 0.496 e. The molecule has 218 valence electrons. The molecule has 0 spiro atoms. The minimum absolute atomic E-state index is 0.219. The lowest BCUT2D eigenvalue weighted by Gasteiger charge is -2.43. The number of nitrogens with zero attached hydrogens (tertiary/aromatic N) is 2. The predicted molar refractivity (Wildman–Crippen MR) is 151 cm³/mol. The van der Waals surface area contributed by atoms with Crippen LogP contribution in [0.4, 0.5) is 4.79 Å². The molecule has 1 aliphatic heterocycles. The second kappa shape index (κ2) is 12.4. The van der Waals surface area contributed by atoms with Crippen molar-refractivity contribution in [2.24, 2.45) is 11.8 Å². The number of hydrogen-bond donors (Lipinski definition) is 3. The van der Waals surface area contributed by atoms with Crippen LogP contribution in [0, 0.1) is 11.8 Å². The highest BCUT2D eigenvalue weighted by Crippen LogP contribution is 2.45. The second-order valence-electron chi connectivity index (χ2n) is 10.8. The first kappa shape index (κ1) is 28.7. The molecular formula is C30H37N5O6. The Morgan fingerprint density at radius 3 is 2.68 bits per heavy atom.